The summed E-state index contributed by atoms with van der Waals surface area (Å²) >= 11 is 3.26. The number of furan rings is 1. The van der Waals surface area contributed by atoms with Crippen LogP contribution in [0.4, 0.5) is 10.2 Å². The third-order valence-corrected chi connectivity index (χ3v) is 4.61. The highest BCUT2D eigenvalue weighted by Gasteiger charge is 2.31. The maximum Gasteiger partial charge on any atom is 0.226 e. The minimum Gasteiger partial charge on any atom is -0.467 e. The summed E-state index contributed by atoms with van der Waals surface area (Å²) in [4.78, 5) is 12.1. The van der Waals surface area contributed by atoms with E-state index in [1.807, 2.05) is 6.07 Å². The summed E-state index contributed by atoms with van der Waals surface area (Å²) in [6.45, 7) is 0.401. The van der Waals surface area contributed by atoms with Gasteiger partial charge in [-0.1, -0.05) is 22.0 Å². The van der Waals surface area contributed by atoms with Crippen molar-refractivity contribution >= 4 is 27.7 Å². The van der Waals surface area contributed by atoms with E-state index in [4.69, 9.17) is 4.42 Å². The highest BCUT2D eigenvalue weighted by Crippen LogP contribution is 2.38. The average molecular weight is 390 g/mol. The van der Waals surface area contributed by atoms with Gasteiger partial charge in [0.25, 0.3) is 0 Å². The van der Waals surface area contributed by atoms with E-state index in [1.165, 1.54) is 6.07 Å². The lowest BCUT2D eigenvalue weighted by molar-refractivity contribution is -0.116. The van der Waals surface area contributed by atoms with E-state index < -0.39 is 0 Å². The van der Waals surface area contributed by atoms with Crippen LogP contribution in [0.3, 0.4) is 0 Å². The van der Waals surface area contributed by atoms with Crippen LogP contribution in [-0.4, -0.2) is 15.7 Å². The molecule has 0 radical (unpaired) electrons. The molecule has 1 aromatic carbocycles. The Morgan fingerprint density at radius 3 is 3.00 bits per heavy atom. The van der Waals surface area contributed by atoms with E-state index >= 15 is 0 Å². The predicted octanol–water partition coefficient (Wildman–Crippen LogP) is 3.90. The van der Waals surface area contributed by atoms with Crippen LogP contribution in [0.1, 0.15) is 29.2 Å². The van der Waals surface area contributed by atoms with Crippen LogP contribution in [0.5, 0.6) is 0 Å². The normalized spacial score (nSPS) is 16.8. The summed E-state index contributed by atoms with van der Waals surface area (Å²) in [5, 5.41) is 7.18. The monoisotopic (exact) mass is 389 g/mol. The number of rotatable bonds is 3. The zero-order valence-corrected chi connectivity index (χ0v) is 14.1. The molecule has 0 saturated heterocycles. The molecule has 1 aliphatic heterocycles. The zero-order chi connectivity index (χ0) is 16.7. The molecule has 122 valence electrons. The fraction of sp³-hybridized carbons (Fsp3) is 0.176. The number of benzene rings is 1. The van der Waals surface area contributed by atoms with Crippen LogP contribution in [0, 0.1) is 5.82 Å². The van der Waals surface area contributed by atoms with Gasteiger partial charge in [-0.15, -0.1) is 0 Å². The second-order valence-electron chi connectivity index (χ2n) is 5.66. The van der Waals surface area contributed by atoms with Gasteiger partial charge in [0.05, 0.1) is 12.5 Å². The number of amides is 1. The summed E-state index contributed by atoms with van der Waals surface area (Å²) in [7, 11) is 0. The molecule has 3 heterocycles. The van der Waals surface area contributed by atoms with Crippen molar-refractivity contribution < 1.29 is 13.6 Å². The first-order valence-electron chi connectivity index (χ1n) is 7.44. The number of aromatic nitrogens is 2. The Balaban J connectivity index is 1.75. The molecule has 1 aliphatic rings. The Morgan fingerprint density at radius 1 is 1.38 bits per heavy atom. The quantitative estimate of drug-likeness (QED) is 0.738. The van der Waals surface area contributed by atoms with Gasteiger partial charge in [-0.2, -0.15) is 5.10 Å². The van der Waals surface area contributed by atoms with Crippen LogP contribution in [-0.2, 0) is 11.3 Å². The summed E-state index contributed by atoms with van der Waals surface area (Å²) in [6.07, 6.45) is 3.46. The fourth-order valence-electron chi connectivity index (χ4n) is 3.00. The zero-order valence-electron chi connectivity index (χ0n) is 12.5. The number of carbonyl (C=O) groups excluding carboxylic acids is 1. The van der Waals surface area contributed by atoms with Crippen molar-refractivity contribution in [3.63, 3.8) is 0 Å². The Hall–Kier alpha value is -2.41. The maximum absolute atomic E-state index is 14.4. The van der Waals surface area contributed by atoms with Crippen molar-refractivity contribution in [3.8, 4) is 0 Å². The third-order valence-electron chi connectivity index (χ3n) is 4.11. The second kappa shape index (κ2) is 5.90. The maximum atomic E-state index is 14.4. The van der Waals surface area contributed by atoms with Gasteiger partial charge in [-0.3, -0.25) is 4.79 Å². The Kier molecular flexibility index (Phi) is 3.72. The van der Waals surface area contributed by atoms with E-state index in [0.29, 0.717) is 22.4 Å². The smallest absolute Gasteiger partial charge is 0.226 e. The van der Waals surface area contributed by atoms with Crippen LogP contribution in [0.15, 0.2) is 51.7 Å². The van der Waals surface area contributed by atoms with Crippen molar-refractivity contribution in [1.29, 1.82) is 0 Å². The largest absolute Gasteiger partial charge is 0.467 e. The first kappa shape index (κ1) is 15.1. The molecule has 7 heteroatoms. The molecule has 1 amide bonds. The first-order chi connectivity index (χ1) is 11.6. The molecule has 0 unspecified atom stereocenters. The highest BCUT2D eigenvalue weighted by atomic mass is 79.9. The van der Waals surface area contributed by atoms with Gasteiger partial charge in [-0.05, 0) is 29.8 Å². The van der Waals surface area contributed by atoms with Gasteiger partial charge in [-0.25, -0.2) is 9.07 Å². The number of anilines is 1. The molecular formula is C17H13BrFN3O2. The van der Waals surface area contributed by atoms with Gasteiger partial charge in [0.15, 0.2) is 0 Å². The lowest BCUT2D eigenvalue weighted by Gasteiger charge is -2.24. The van der Waals surface area contributed by atoms with E-state index in [-0.39, 0.29) is 24.1 Å². The van der Waals surface area contributed by atoms with E-state index in [1.54, 1.807) is 35.3 Å². The van der Waals surface area contributed by atoms with Crippen molar-refractivity contribution in [2.45, 2.75) is 18.9 Å². The fourth-order valence-corrected chi connectivity index (χ4v) is 3.33. The number of carbonyl (C=O) groups is 1. The number of nitrogens with zero attached hydrogens (tertiary/aromatic N) is 2. The third kappa shape index (κ3) is 2.65. The Bertz CT molecular complexity index is 905. The molecule has 3 aromatic rings. The SMILES string of the molecule is O=C1C[C@H](c2ccc(Br)cc2F)c2cnn(Cc3ccco3)c2N1. The number of hydrogen-bond acceptors (Lipinski definition) is 3. The van der Waals surface area contributed by atoms with Crippen LogP contribution in [0.2, 0.25) is 0 Å². The van der Waals surface area contributed by atoms with Crippen molar-refractivity contribution in [3.05, 3.63) is 70.0 Å². The van der Waals surface area contributed by atoms with Crippen molar-refractivity contribution in [2.75, 3.05) is 5.32 Å². The van der Waals surface area contributed by atoms with Gasteiger partial charge in [0.2, 0.25) is 5.91 Å². The topological polar surface area (TPSA) is 60.1 Å². The average Bonchev–Trinajstić information content (AvgIpc) is 3.18. The molecule has 1 N–H and O–H groups in total. The van der Waals surface area contributed by atoms with Crippen molar-refractivity contribution in [1.82, 2.24) is 9.78 Å². The molecule has 0 aliphatic carbocycles. The highest BCUT2D eigenvalue weighted by molar-refractivity contribution is 9.10. The van der Waals surface area contributed by atoms with Crippen molar-refractivity contribution in [2.24, 2.45) is 0 Å². The molecule has 1 atom stereocenters. The predicted molar refractivity (Wildman–Crippen MR) is 89.2 cm³/mol. The minimum atomic E-state index is -0.354. The molecule has 4 rings (SSSR count). The summed E-state index contributed by atoms with van der Waals surface area (Å²) in [5.74, 6) is 0.471. The first-order valence-corrected chi connectivity index (χ1v) is 8.24. The standard InChI is InChI=1S/C17H13BrFN3O2/c18-10-3-4-12(15(19)6-10)13-7-16(23)21-17-14(13)8-20-22(17)9-11-2-1-5-24-11/h1-6,8,13H,7,9H2,(H,21,23)/t13-/m1/s1. The van der Waals surface area contributed by atoms with Crippen LogP contribution in [0.25, 0.3) is 0 Å². The molecular weight excluding hydrogens is 377 g/mol. The summed E-state index contributed by atoms with van der Waals surface area (Å²) in [6, 6.07) is 8.53. The lowest BCUT2D eigenvalue weighted by atomic mass is 9.87. The Labute approximate surface area is 145 Å². The second-order valence-corrected chi connectivity index (χ2v) is 6.57. The molecule has 0 fully saturated rings. The number of halogens is 2. The van der Waals surface area contributed by atoms with Gasteiger partial charge in [0.1, 0.15) is 23.9 Å². The molecule has 0 spiro atoms. The molecule has 0 saturated carbocycles. The van der Waals surface area contributed by atoms with Crippen LogP contribution >= 0.6 is 15.9 Å². The molecule has 24 heavy (non-hydrogen) atoms. The van der Waals surface area contributed by atoms with Gasteiger partial charge >= 0.3 is 0 Å². The van der Waals surface area contributed by atoms with Gasteiger partial charge < -0.3 is 9.73 Å². The number of hydrogen-bond donors (Lipinski definition) is 1. The van der Waals surface area contributed by atoms with E-state index in [0.717, 1.165) is 11.3 Å². The van der Waals surface area contributed by atoms with Crippen LogP contribution < -0.4 is 5.32 Å². The summed E-state index contributed by atoms with van der Waals surface area (Å²) < 4.78 is 22.0. The van der Waals surface area contributed by atoms with Gasteiger partial charge in [0, 0.05) is 22.4 Å². The lowest BCUT2D eigenvalue weighted by Crippen LogP contribution is -2.25. The number of nitrogens with one attached hydrogen (secondary N) is 1. The molecule has 2 aromatic heterocycles. The van der Waals surface area contributed by atoms with E-state index in [9.17, 15) is 9.18 Å². The minimum absolute atomic E-state index is 0.156. The molecule has 5 nitrogen and oxygen atoms in total. The number of fused-ring (bicyclic) bond motifs is 1. The summed E-state index contributed by atoms with van der Waals surface area (Å²) in [5.41, 5.74) is 1.30. The van der Waals surface area contributed by atoms with E-state index in [2.05, 4.69) is 26.3 Å². The molecule has 0 bridgehead atoms. The Morgan fingerprint density at radius 2 is 2.25 bits per heavy atom.